The topological polar surface area (TPSA) is 92.7 Å². The highest BCUT2D eigenvalue weighted by Gasteiger charge is 2.23. The quantitative estimate of drug-likeness (QED) is 0.768. The lowest BCUT2D eigenvalue weighted by Gasteiger charge is -2.11. The van der Waals surface area contributed by atoms with Crippen LogP contribution in [0.15, 0.2) is 29.3 Å². The number of fused-ring (bicyclic) bond motifs is 2. The first kappa shape index (κ1) is 15.6. The highest BCUT2D eigenvalue weighted by molar-refractivity contribution is 6.04. The third-order valence-electron chi connectivity index (χ3n) is 4.62. The molecule has 0 bridgehead atoms. The maximum absolute atomic E-state index is 12.6. The molecular formula is C18H19N5O2. The molecule has 1 aromatic carbocycles. The molecule has 1 aliphatic rings. The molecule has 0 saturated carbocycles. The molecule has 2 aromatic heterocycles. The Balaban J connectivity index is 1.68. The Morgan fingerprint density at radius 2 is 2.16 bits per heavy atom. The van der Waals surface area contributed by atoms with Crippen LogP contribution in [0.2, 0.25) is 0 Å². The van der Waals surface area contributed by atoms with Gasteiger partial charge in [-0.3, -0.25) is 19.3 Å². The number of aromatic nitrogens is 4. The number of amides is 1. The molecule has 1 amide bonds. The van der Waals surface area contributed by atoms with Crippen LogP contribution in [0.5, 0.6) is 0 Å². The van der Waals surface area contributed by atoms with Gasteiger partial charge >= 0.3 is 0 Å². The summed E-state index contributed by atoms with van der Waals surface area (Å²) < 4.78 is 1.58. The van der Waals surface area contributed by atoms with Crippen LogP contribution >= 0.6 is 0 Å². The summed E-state index contributed by atoms with van der Waals surface area (Å²) in [6.45, 7) is 3.86. The Morgan fingerprint density at radius 3 is 2.96 bits per heavy atom. The van der Waals surface area contributed by atoms with Gasteiger partial charge < -0.3 is 5.32 Å². The molecule has 25 heavy (non-hydrogen) atoms. The maximum Gasteiger partial charge on any atom is 0.276 e. The second-order valence-corrected chi connectivity index (χ2v) is 6.62. The van der Waals surface area contributed by atoms with E-state index in [4.69, 9.17) is 0 Å². The normalized spacial score (nSPS) is 13.4. The summed E-state index contributed by atoms with van der Waals surface area (Å²) in [5.41, 5.74) is 3.55. The second-order valence-electron chi connectivity index (χ2n) is 6.62. The molecule has 1 aliphatic carbocycles. The first-order valence-electron chi connectivity index (χ1n) is 8.43. The smallest absolute Gasteiger partial charge is 0.276 e. The van der Waals surface area contributed by atoms with Gasteiger partial charge in [-0.15, -0.1) is 0 Å². The van der Waals surface area contributed by atoms with E-state index < -0.39 is 0 Å². The Labute approximate surface area is 144 Å². The van der Waals surface area contributed by atoms with E-state index in [2.05, 4.69) is 20.5 Å². The van der Waals surface area contributed by atoms with Crippen molar-refractivity contribution in [3.05, 3.63) is 51.8 Å². The number of H-pyrrole nitrogens is 1. The summed E-state index contributed by atoms with van der Waals surface area (Å²) in [4.78, 5) is 29.4. The summed E-state index contributed by atoms with van der Waals surface area (Å²) in [6.07, 6.45) is 4.41. The van der Waals surface area contributed by atoms with Crippen molar-refractivity contribution < 1.29 is 4.79 Å². The fourth-order valence-electron chi connectivity index (χ4n) is 3.28. The van der Waals surface area contributed by atoms with Gasteiger partial charge in [0.25, 0.3) is 11.5 Å². The Morgan fingerprint density at radius 1 is 1.32 bits per heavy atom. The molecule has 7 heteroatoms. The number of anilines is 1. The second kappa shape index (κ2) is 5.84. The summed E-state index contributed by atoms with van der Waals surface area (Å²) in [7, 11) is 0. The number of benzene rings is 1. The lowest BCUT2D eigenvalue weighted by atomic mass is 10.1. The first-order valence-corrected chi connectivity index (χ1v) is 8.43. The third kappa shape index (κ3) is 2.61. The molecule has 0 aliphatic heterocycles. The van der Waals surface area contributed by atoms with Crippen molar-refractivity contribution in [2.45, 2.75) is 39.2 Å². The van der Waals surface area contributed by atoms with Gasteiger partial charge in [0, 0.05) is 23.0 Å². The number of nitrogens with one attached hydrogen (secondary N) is 2. The molecule has 0 spiro atoms. The number of hydrogen-bond donors (Lipinski definition) is 2. The van der Waals surface area contributed by atoms with Gasteiger partial charge in [-0.2, -0.15) is 5.10 Å². The molecule has 2 heterocycles. The predicted octanol–water partition coefficient (Wildman–Crippen LogP) is 2.44. The Kier molecular flexibility index (Phi) is 3.63. The number of aromatic amines is 1. The number of hydrogen-bond acceptors (Lipinski definition) is 4. The zero-order valence-electron chi connectivity index (χ0n) is 14.2. The third-order valence-corrected chi connectivity index (χ3v) is 4.62. The highest BCUT2D eigenvalue weighted by atomic mass is 16.2. The molecule has 7 nitrogen and oxygen atoms in total. The zero-order valence-corrected chi connectivity index (χ0v) is 14.2. The molecule has 128 valence electrons. The summed E-state index contributed by atoms with van der Waals surface area (Å²) in [6, 6.07) is 5.19. The highest BCUT2D eigenvalue weighted by Crippen LogP contribution is 2.24. The van der Waals surface area contributed by atoms with Crippen molar-refractivity contribution >= 4 is 22.5 Å². The van der Waals surface area contributed by atoms with Gasteiger partial charge in [-0.25, -0.2) is 4.98 Å². The minimum Gasteiger partial charge on any atom is -0.321 e. The number of aryl methyl sites for hydroxylation is 1. The molecule has 0 radical (unpaired) electrons. The van der Waals surface area contributed by atoms with E-state index in [1.54, 1.807) is 29.1 Å². The molecular weight excluding hydrogens is 318 g/mol. The van der Waals surface area contributed by atoms with Crippen LogP contribution in [0, 0.1) is 0 Å². The minimum atomic E-state index is -0.258. The molecule has 4 rings (SSSR count). The van der Waals surface area contributed by atoms with Gasteiger partial charge in [0.05, 0.1) is 17.2 Å². The van der Waals surface area contributed by atoms with Gasteiger partial charge in [-0.05, 0) is 51.3 Å². The molecule has 0 unspecified atom stereocenters. The van der Waals surface area contributed by atoms with Crippen LogP contribution in [-0.2, 0) is 12.8 Å². The monoisotopic (exact) mass is 337 g/mol. The van der Waals surface area contributed by atoms with Crippen LogP contribution in [-0.4, -0.2) is 25.7 Å². The van der Waals surface area contributed by atoms with Crippen LogP contribution in [0.4, 0.5) is 5.69 Å². The van der Waals surface area contributed by atoms with Crippen molar-refractivity contribution in [1.29, 1.82) is 0 Å². The summed E-state index contributed by atoms with van der Waals surface area (Å²) >= 11 is 0. The average Bonchev–Trinajstić information content (AvgIpc) is 3.18. The van der Waals surface area contributed by atoms with Gasteiger partial charge in [0.2, 0.25) is 0 Å². The van der Waals surface area contributed by atoms with Crippen LogP contribution in [0.3, 0.4) is 0 Å². The number of rotatable bonds is 3. The summed E-state index contributed by atoms with van der Waals surface area (Å²) in [5.74, 6) is -0.258. The first-order chi connectivity index (χ1) is 12.0. The number of carbonyl (C=O) groups excluding carboxylic acids is 1. The number of carbonyl (C=O) groups is 1. The van der Waals surface area contributed by atoms with Crippen LogP contribution in [0.25, 0.3) is 10.9 Å². The molecule has 2 N–H and O–H groups in total. The summed E-state index contributed by atoms with van der Waals surface area (Å²) in [5, 5.41) is 10.4. The number of nitrogens with zero attached hydrogens (tertiary/aromatic N) is 3. The van der Waals surface area contributed by atoms with Crippen molar-refractivity contribution in [1.82, 2.24) is 19.7 Å². The molecule has 3 aromatic rings. The van der Waals surface area contributed by atoms with E-state index in [0.717, 1.165) is 30.5 Å². The van der Waals surface area contributed by atoms with Crippen molar-refractivity contribution in [2.75, 3.05) is 5.32 Å². The van der Waals surface area contributed by atoms with Gasteiger partial charge in [-0.1, -0.05) is 0 Å². The molecule has 0 fully saturated rings. The zero-order chi connectivity index (χ0) is 17.6. The van der Waals surface area contributed by atoms with Crippen molar-refractivity contribution in [2.24, 2.45) is 0 Å². The van der Waals surface area contributed by atoms with E-state index in [9.17, 15) is 9.59 Å². The van der Waals surface area contributed by atoms with E-state index in [-0.39, 0.29) is 17.5 Å². The standard InChI is InChI=1S/C18H19N5O2/c1-10(2)23-9-19-14-7-6-11(8-13(14)18(23)25)20-17(24)16-12-4-3-5-15(12)21-22-16/h6-10H,3-5H2,1-2H3,(H,20,24)(H,21,22). The fourth-order valence-corrected chi connectivity index (χ4v) is 3.28. The van der Waals surface area contributed by atoms with Crippen molar-refractivity contribution in [3.8, 4) is 0 Å². The SMILES string of the molecule is CC(C)n1cnc2ccc(NC(=O)c3n[nH]c4c3CCC4)cc2c1=O. The van der Waals surface area contributed by atoms with Crippen LogP contribution in [0.1, 0.15) is 48.1 Å². The lowest BCUT2D eigenvalue weighted by molar-refractivity contribution is 0.102. The van der Waals surface area contributed by atoms with Gasteiger partial charge in [0.15, 0.2) is 5.69 Å². The van der Waals surface area contributed by atoms with Gasteiger partial charge in [0.1, 0.15) is 0 Å². The van der Waals surface area contributed by atoms with E-state index in [1.807, 2.05) is 13.8 Å². The van der Waals surface area contributed by atoms with E-state index >= 15 is 0 Å². The van der Waals surface area contributed by atoms with Crippen molar-refractivity contribution in [3.63, 3.8) is 0 Å². The largest absolute Gasteiger partial charge is 0.321 e. The molecule has 0 atom stereocenters. The average molecular weight is 337 g/mol. The van der Waals surface area contributed by atoms with E-state index in [1.165, 1.54) is 0 Å². The van der Waals surface area contributed by atoms with E-state index in [0.29, 0.717) is 22.3 Å². The maximum atomic E-state index is 12.6. The molecule has 0 saturated heterocycles. The predicted molar refractivity (Wildman–Crippen MR) is 95.0 cm³/mol. The minimum absolute atomic E-state index is 0.0225. The Hall–Kier alpha value is -2.96. The lowest BCUT2D eigenvalue weighted by Crippen LogP contribution is -2.22. The van der Waals surface area contributed by atoms with Crippen LogP contribution < -0.4 is 10.9 Å². The fraction of sp³-hybridized carbons (Fsp3) is 0.333. The Bertz CT molecular complexity index is 1030.